The summed E-state index contributed by atoms with van der Waals surface area (Å²) in [6, 6.07) is 10.1. The molecule has 1 aromatic carbocycles. The molecule has 1 aromatic rings. The van der Waals surface area contributed by atoms with Gasteiger partial charge in [0.2, 0.25) is 0 Å². The molecule has 2 rings (SSSR count). The van der Waals surface area contributed by atoms with Crippen LogP contribution in [-0.2, 0) is 6.54 Å². The summed E-state index contributed by atoms with van der Waals surface area (Å²) in [5, 5.41) is 3.54. The highest BCUT2D eigenvalue weighted by Gasteiger charge is 2.25. The summed E-state index contributed by atoms with van der Waals surface area (Å²) in [7, 11) is 0. The second-order valence-electron chi connectivity index (χ2n) is 5.51. The highest BCUT2D eigenvalue weighted by atomic mass is 15.2. The molecule has 1 aliphatic heterocycles. The minimum atomic E-state index is 0.580. The lowest BCUT2D eigenvalue weighted by molar-refractivity contribution is 0.147. The summed E-state index contributed by atoms with van der Waals surface area (Å²) in [4.78, 5) is 2.66. The van der Waals surface area contributed by atoms with Crippen LogP contribution in [0.4, 0.5) is 0 Å². The van der Waals surface area contributed by atoms with Gasteiger partial charge in [-0.25, -0.2) is 0 Å². The van der Waals surface area contributed by atoms with Crippen molar-refractivity contribution in [2.24, 2.45) is 0 Å². The molecule has 0 radical (unpaired) electrons. The fourth-order valence-corrected chi connectivity index (χ4v) is 3.01. The monoisotopic (exact) mass is 246 g/mol. The van der Waals surface area contributed by atoms with E-state index in [0.29, 0.717) is 12.1 Å². The van der Waals surface area contributed by atoms with Crippen LogP contribution < -0.4 is 5.32 Å². The Hall–Kier alpha value is -0.860. The van der Waals surface area contributed by atoms with Crippen molar-refractivity contribution in [2.45, 2.75) is 52.2 Å². The first-order valence-corrected chi connectivity index (χ1v) is 7.28. The number of benzene rings is 1. The normalized spacial score (nSPS) is 19.9. The van der Waals surface area contributed by atoms with Gasteiger partial charge in [0.15, 0.2) is 0 Å². The van der Waals surface area contributed by atoms with E-state index < -0.39 is 0 Å². The van der Waals surface area contributed by atoms with Crippen molar-refractivity contribution in [3.63, 3.8) is 0 Å². The van der Waals surface area contributed by atoms with E-state index in [1.807, 2.05) is 0 Å². The Morgan fingerprint density at radius 2 is 2.11 bits per heavy atom. The van der Waals surface area contributed by atoms with Gasteiger partial charge in [0.1, 0.15) is 0 Å². The van der Waals surface area contributed by atoms with Gasteiger partial charge in [-0.15, -0.1) is 0 Å². The Bertz CT molecular complexity index is 373. The topological polar surface area (TPSA) is 15.3 Å². The standard InChI is InChI=1S/C16H26N2/c1-4-11-18(13(2)3)16-9-10-17-12-14-7-5-6-8-15(14)16/h5-8,13,16-17H,4,9-12H2,1-3H3. The summed E-state index contributed by atoms with van der Waals surface area (Å²) in [5.41, 5.74) is 3.01. The zero-order valence-corrected chi connectivity index (χ0v) is 11.9. The second-order valence-corrected chi connectivity index (χ2v) is 5.51. The van der Waals surface area contributed by atoms with Gasteiger partial charge in [-0.1, -0.05) is 31.2 Å². The van der Waals surface area contributed by atoms with E-state index in [9.17, 15) is 0 Å². The molecule has 0 spiro atoms. The molecule has 0 aliphatic carbocycles. The molecule has 1 heterocycles. The van der Waals surface area contributed by atoms with Crippen LogP contribution in [0.15, 0.2) is 24.3 Å². The molecule has 1 aliphatic rings. The van der Waals surface area contributed by atoms with Crippen LogP contribution in [0.1, 0.15) is 50.8 Å². The predicted molar refractivity (Wildman–Crippen MR) is 77.6 cm³/mol. The lowest BCUT2D eigenvalue weighted by Gasteiger charge is -2.35. The first-order chi connectivity index (χ1) is 8.74. The molecule has 0 saturated heterocycles. The highest BCUT2D eigenvalue weighted by Crippen LogP contribution is 2.30. The van der Waals surface area contributed by atoms with Gasteiger partial charge in [-0.05, 0) is 50.9 Å². The summed E-state index contributed by atoms with van der Waals surface area (Å²) in [6.07, 6.45) is 2.44. The Morgan fingerprint density at radius 1 is 1.33 bits per heavy atom. The van der Waals surface area contributed by atoms with Crippen LogP contribution in [0.5, 0.6) is 0 Å². The average molecular weight is 246 g/mol. The largest absolute Gasteiger partial charge is 0.313 e. The highest BCUT2D eigenvalue weighted by molar-refractivity contribution is 5.31. The van der Waals surface area contributed by atoms with E-state index in [2.05, 4.69) is 55.3 Å². The first kappa shape index (κ1) is 13.6. The summed E-state index contributed by atoms with van der Waals surface area (Å²) in [6.45, 7) is 10.2. The molecule has 100 valence electrons. The number of hydrogen-bond donors (Lipinski definition) is 1. The maximum atomic E-state index is 3.54. The maximum absolute atomic E-state index is 3.54. The number of nitrogens with one attached hydrogen (secondary N) is 1. The smallest absolute Gasteiger partial charge is 0.0366 e. The van der Waals surface area contributed by atoms with Gasteiger partial charge in [0.05, 0.1) is 0 Å². The maximum Gasteiger partial charge on any atom is 0.0366 e. The van der Waals surface area contributed by atoms with Crippen LogP contribution in [0.2, 0.25) is 0 Å². The summed E-state index contributed by atoms with van der Waals surface area (Å²) >= 11 is 0. The van der Waals surface area contributed by atoms with Crippen molar-refractivity contribution in [3.8, 4) is 0 Å². The van der Waals surface area contributed by atoms with Crippen molar-refractivity contribution in [2.75, 3.05) is 13.1 Å². The number of nitrogens with zero attached hydrogens (tertiary/aromatic N) is 1. The zero-order chi connectivity index (χ0) is 13.0. The molecule has 0 saturated carbocycles. The predicted octanol–water partition coefficient (Wildman–Crippen LogP) is 3.34. The lowest BCUT2D eigenvalue weighted by atomic mass is 9.96. The van der Waals surface area contributed by atoms with E-state index in [1.165, 1.54) is 30.5 Å². The molecule has 1 atom stereocenters. The second kappa shape index (κ2) is 6.35. The van der Waals surface area contributed by atoms with E-state index in [0.717, 1.165) is 13.1 Å². The van der Waals surface area contributed by atoms with Crippen molar-refractivity contribution >= 4 is 0 Å². The summed E-state index contributed by atoms with van der Waals surface area (Å²) in [5.74, 6) is 0. The van der Waals surface area contributed by atoms with Gasteiger partial charge < -0.3 is 5.32 Å². The van der Waals surface area contributed by atoms with Gasteiger partial charge in [-0.3, -0.25) is 4.90 Å². The molecule has 1 N–H and O–H groups in total. The number of rotatable bonds is 4. The fraction of sp³-hybridized carbons (Fsp3) is 0.625. The lowest BCUT2D eigenvalue weighted by Crippen LogP contribution is -2.36. The Balaban J connectivity index is 2.30. The third-order valence-electron chi connectivity index (χ3n) is 3.87. The first-order valence-electron chi connectivity index (χ1n) is 7.28. The molecule has 1 unspecified atom stereocenters. The third kappa shape index (κ3) is 2.93. The minimum absolute atomic E-state index is 0.580. The van der Waals surface area contributed by atoms with Crippen molar-refractivity contribution in [1.29, 1.82) is 0 Å². The van der Waals surface area contributed by atoms with Crippen LogP contribution in [0, 0.1) is 0 Å². The molecule has 2 heteroatoms. The fourth-order valence-electron chi connectivity index (χ4n) is 3.01. The van der Waals surface area contributed by atoms with Gasteiger partial charge in [0, 0.05) is 18.6 Å². The minimum Gasteiger partial charge on any atom is -0.313 e. The Morgan fingerprint density at radius 3 is 2.83 bits per heavy atom. The molecule has 2 nitrogen and oxygen atoms in total. The Labute approximate surface area is 111 Å². The molecule has 0 aromatic heterocycles. The van der Waals surface area contributed by atoms with Gasteiger partial charge in [-0.2, -0.15) is 0 Å². The van der Waals surface area contributed by atoms with Gasteiger partial charge >= 0.3 is 0 Å². The van der Waals surface area contributed by atoms with E-state index >= 15 is 0 Å². The van der Waals surface area contributed by atoms with Gasteiger partial charge in [0.25, 0.3) is 0 Å². The van der Waals surface area contributed by atoms with Crippen LogP contribution >= 0.6 is 0 Å². The number of hydrogen-bond acceptors (Lipinski definition) is 2. The molecule has 0 fully saturated rings. The molecule has 0 amide bonds. The van der Waals surface area contributed by atoms with Crippen LogP contribution in [0.25, 0.3) is 0 Å². The Kier molecular flexibility index (Phi) is 4.79. The van der Waals surface area contributed by atoms with Crippen LogP contribution in [0.3, 0.4) is 0 Å². The summed E-state index contributed by atoms with van der Waals surface area (Å²) < 4.78 is 0. The molecule has 0 bridgehead atoms. The number of fused-ring (bicyclic) bond motifs is 1. The molecule has 18 heavy (non-hydrogen) atoms. The quantitative estimate of drug-likeness (QED) is 0.876. The van der Waals surface area contributed by atoms with E-state index in [4.69, 9.17) is 0 Å². The van der Waals surface area contributed by atoms with E-state index in [-0.39, 0.29) is 0 Å². The SMILES string of the molecule is CCCN(C(C)C)C1CCNCc2ccccc21. The van der Waals surface area contributed by atoms with Crippen molar-refractivity contribution < 1.29 is 0 Å². The van der Waals surface area contributed by atoms with Crippen molar-refractivity contribution in [3.05, 3.63) is 35.4 Å². The molecular formula is C16H26N2. The van der Waals surface area contributed by atoms with Crippen LogP contribution in [-0.4, -0.2) is 24.0 Å². The average Bonchev–Trinajstić information content (AvgIpc) is 2.58. The van der Waals surface area contributed by atoms with E-state index in [1.54, 1.807) is 0 Å². The zero-order valence-electron chi connectivity index (χ0n) is 11.9. The third-order valence-corrected chi connectivity index (χ3v) is 3.87. The molecular weight excluding hydrogens is 220 g/mol. The van der Waals surface area contributed by atoms with Crippen molar-refractivity contribution in [1.82, 2.24) is 10.2 Å².